The second-order valence-corrected chi connectivity index (χ2v) is 6.77. The molecule has 7 heteroatoms. The van der Waals surface area contributed by atoms with Gasteiger partial charge < -0.3 is 26.8 Å². The summed E-state index contributed by atoms with van der Waals surface area (Å²) in [4.78, 5) is 12.1. The summed E-state index contributed by atoms with van der Waals surface area (Å²) in [6.45, 7) is 1.06. The highest BCUT2D eigenvalue weighted by molar-refractivity contribution is 5.48. The van der Waals surface area contributed by atoms with Gasteiger partial charge in [0, 0.05) is 30.5 Å². The number of hydrogen-bond acceptors (Lipinski definition) is 4. The number of benzene rings is 2. The molecule has 3 rings (SSSR count). The zero-order valence-corrected chi connectivity index (χ0v) is 16.6. The van der Waals surface area contributed by atoms with Crippen LogP contribution in [0, 0.1) is 10.1 Å². The van der Waals surface area contributed by atoms with Crippen molar-refractivity contribution in [3.8, 4) is 11.5 Å². The normalized spacial score (nSPS) is 18.2. The molecule has 0 fully saturated rings. The van der Waals surface area contributed by atoms with E-state index in [-0.39, 0.29) is 23.0 Å². The zero-order valence-electron chi connectivity index (χ0n) is 15.8. The lowest BCUT2D eigenvalue weighted by atomic mass is 9.89. The first-order valence-electron chi connectivity index (χ1n) is 8.84. The second-order valence-electron chi connectivity index (χ2n) is 6.77. The van der Waals surface area contributed by atoms with Gasteiger partial charge >= 0.3 is 0 Å². The van der Waals surface area contributed by atoms with Crippen LogP contribution < -0.4 is 26.8 Å². The topological polar surface area (TPSA) is 66.0 Å². The Hall–Kier alpha value is -2.31. The fraction of sp³-hybridized carbons (Fsp3) is 0.400. The Balaban J connectivity index is 0.00000261. The van der Waals surface area contributed by atoms with Gasteiger partial charge in [0.15, 0.2) is 11.5 Å². The molecule has 1 heterocycles. The van der Waals surface area contributed by atoms with Gasteiger partial charge in [-0.05, 0) is 29.7 Å². The van der Waals surface area contributed by atoms with Crippen LogP contribution in [-0.2, 0) is 12.8 Å². The fourth-order valence-electron chi connectivity index (χ4n) is 3.79. The first-order chi connectivity index (χ1) is 12.5. The molecule has 0 aliphatic carbocycles. The highest BCUT2D eigenvalue weighted by Crippen LogP contribution is 2.35. The predicted octanol–water partition coefficient (Wildman–Crippen LogP) is -0.639. The van der Waals surface area contributed by atoms with Crippen LogP contribution in [0.25, 0.3) is 0 Å². The predicted molar refractivity (Wildman–Crippen MR) is 99.2 cm³/mol. The third kappa shape index (κ3) is 4.51. The van der Waals surface area contributed by atoms with E-state index in [0.29, 0.717) is 6.04 Å². The molecule has 2 aromatic rings. The summed E-state index contributed by atoms with van der Waals surface area (Å²) in [6.07, 6.45) is 2.74. The standard InChI is InChI=1S/C20H24N2O4.ClH/c1-21-10-9-15-12-19(25-2)20(26-3)13-17(15)18(21)8-7-14-5-4-6-16(11-14)22(23)24;/h4-6,11-13,18H,7-10H2,1-3H3;1H. The number of nitrogens with zero attached hydrogens (tertiary/aromatic N) is 1. The lowest BCUT2D eigenvalue weighted by Gasteiger charge is -2.32. The molecule has 2 aromatic carbocycles. The third-order valence-corrected chi connectivity index (χ3v) is 5.25. The van der Waals surface area contributed by atoms with Crippen molar-refractivity contribution in [1.29, 1.82) is 0 Å². The van der Waals surface area contributed by atoms with Crippen LogP contribution in [0.5, 0.6) is 11.5 Å². The lowest BCUT2D eigenvalue weighted by molar-refractivity contribution is -0.915. The molecule has 0 saturated heterocycles. The molecule has 2 atom stereocenters. The molecule has 0 bridgehead atoms. The third-order valence-electron chi connectivity index (χ3n) is 5.25. The van der Waals surface area contributed by atoms with E-state index in [2.05, 4.69) is 19.2 Å². The number of quaternary nitrogens is 1. The van der Waals surface area contributed by atoms with Crippen molar-refractivity contribution in [3.05, 3.63) is 63.2 Å². The Morgan fingerprint density at radius 1 is 1.19 bits per heavy atom. The minimum atomic E-state index is -0.339. The number of nitrogens with one attached hydrogen (secondary N) is 1. The van der Waals surface area contributed by atoms with Crippen molar-refractivity contribution in [1.82, 2.24) is 0 Å². The molecule has 1 aliphatic rings. The minimum Gasteiger partial charge on any atom is -1.00 e. The Morgan fingerprint density at radius 2 is 1.89 bits per heavy atom. The summed E-state index contributed by atoms with van der Waals surface area (Å²) in [5.74, 6) is 1.52. The summed E-state index contributed by atoms with van der Waals surface area (Å²) in [6, 6.07) is 11.4. The molecule has 146 valence electrons. The van der Waals surface area contributed by atoms with Crippen molar-refractivity contribution < 1.29 is 31.7 Å². The van der Waals surface area contributed by atoms with Crippen LogP contribution >= 0.6 is 0 Å². The van der Waals surface area contributed by atoms with Gasteiger partial charge in [-0.3, -0.25) is 10.1 Å². The average molecular weight is 393 g/mol. The van der Waals surface area contributed by atoms with Gasteiger partial charge in [-0.1, -0.05) is 12.1 Å². The van der Waals surface area contributed by atoms with E-state index in [1.165, 1.54) is 22.1 Å². The Bertz CT molecular complexity index is 813. The van der Waals surface area contributed by atoms with E-state index < -0.39 is 0 Å². The second kappa shape index (κ2) is 9.06. The highest BCUT2D eigenvalue weighted by atomic mass is 35.5. The van der Waals surface area contributed by atoms with Crippen LogP contribution in [0.1, 0.15) is 29.2 Å². The fourth-order valence-corrected chi connectivity index (χ4v) is 3.79. The number of nitro benzene ring substituents is 1. The van der Waals surface area contributed by atoms with E-state index in [1.54, 1.807) is 26.4 Å². The smallest absolute Gasteiger partial charge is 0.269 e. The number of nitro groups is 1. The van der Waals surface area contributed by atoms with Gasteiger partial charge in [-0.25, -0.2) is 0 Å². The molecule has 1 aliphatic heterocycles. The van der Waals surface area contributed by atoms with Gasteiger partial charge in [0.1, 0.15) is 6.04 Å². The van der Waals surface area contributed by atoms with Gasteiger partial charge in [0.2, 0.25) is 0 Å². The van der Waals surface area contributed by atoms with Crippen LogP contribution in [0.2, 0.25) is 0 Å². The number of aryl methyl sites for hydroxylation is 1. The first-order valence-corrected chi connectivity index (χ1v) is 8.84. The average Bonchev–Trinajstić information content (AvgIpc) is 2.66. The largest absolute Gasteiger partial charge is 1.00 e. The Morgan fingerprint density at radius 3 is 2.56 bits per heavy atom. The number of hydrogen-bond donors (Lipinski definition) is 1. The van der Waals surface area contributed by atoms with Crippen LogP contribution in [0.3, 0.4) is 0 Å². The number of fused-ring (bicyclic) bond motifs is 1. The Kier molecular flexibility index (Phi) is 7.05. The van der Waals surface area contributed by atoms with Crippen molar-refractivity contribution in [2.75, 3.05) is 27.8 Å². The van der Waals surface area contributed by atoms with E-state index in [4.69, 9.17) is 9.47 Å². The van der Waals surface area contributed by atoms with Crippen LogP contribution in [0.4, 0.5) is 5.69 Å². The molecular formula is C20H25ClN2O4. The van der Waals surface area contributed by atoms with E-state index >= 15 is 0 Å². The van der Waals surface area contributed by atoms with Gasteiger partial charge in [-0.15, -0.1) is 0 Å². The summed E-state index contributed by atoms with van der Waals surface area (Å²) in [7, 11) is 5.52. The van der Waals surface area contributed by atoms with Gasteiger partial charge in [0.05, 0.1) is 32.7 Å². The monoisotopic (exact) mass is 392 g/mol. The van der Waals surface area contributed by atoms with Crippen molar-refractivity contribution in [3.63, 3.8) is 0 Å². The molecule has 2 unspecified atom stereocenters. The highest BCUT2D eigenvalue weighted by Gasteiger charge is 2.29. The molecule has 0 aromatic heterocycles. The quantitative estimate of drug-likeness (QED) is 0.524. The number of non-ortho nitro benzene ring substituents is 1. The number of ether oxygens (including phenoxy) is 2. The minimum absolute atomic E-state index is 0. The van der Waals surface area contributed by atoms with Crippen LogP contribution in [0.15, 0.2) is 36.4 Å². The summed E-state index contributed by atoms with van der Waals surface area (Å²) in [5.41, 5.74) is 3.74. The molecule has 27 heavy (non-hydrogen) atoms. The van der Waals surface area contributed by atoms with E-state index in [0.717, 1.165) is 42.9 Å². The zero-order chi connectivity index (χ0) is 18.7. The number of methoxy groups -OCH3 is 2. The number of likely N-dealkylation sites (N-methyl/N-ethyl adjacent to an activating group) is 1. The maximum atomic E-state index is 11.0. The molecular weight excluding hydrogens is 368 g/mol. The summed E-state index contributed by atoms with van der Waals surface area (Å²) >= 11 is 0. The molecule has 6 nitrogen and oxygen atoms in total. The molecule has 1 N–H and O–H groups in total. The van der Waals surface area contributed by atoms with E-state index in [9.17, 15) is 10.1 Å². The van der Waals surface area contributed by atoms with Crippen molar-refractivity contribution in [2.45, 2.75) is 25.3 Å². The molecule has 0 radical (unpaired) electrons. The van der Waals surface area contributed by atoms with Crippen molar-refractivity contribution >= 4 is 5.69 Å². The summed E-state index contributed by atoms with van der Waals surface area (Å²) < 4.78 is 10.9. The first kappa shape index (κ1) is 21.0. The Labute approximate surface area is 165 Å². The maximum Gasteiger partial charge on any atom is 0.269 e. The van der Waals surface area contributed by atoms with Gasteiger partial charge in [0.25, 0.3) is 5.69 Å². The summed E-state index contributed by atoms with van der Waals surface area (Å²) in [5, 5.41) is 11.0. The van der Waals surface area contributed by atoms with E-state index in [1.807, 2.05) is 6.07 Å². The number of rotatable bonds is 6. The lowest BCUT2D eigenvalue weighted by Crippen LogP contribution is -3.10. The van der Waals surface area contributed by atoms with Crippen LogP contribution in [-0.4, -0.2) is 32.7 Å². The van der Waals surface area contributed by atoms with Crippen molar-refractivity contribution in [2.24, 2.45) is 0 Å². The molecule has 0 saturated carbocycles. The molecule has 0 amide bonds. The number of halogens is 1. The van der Waals surface area contributed by atoms with Gasteiger partial charge in [-0.2, -0.15) is 0 Å². The molecule has 0 spiro atoms. The SMILES string of the molecule is COc1cc2c(cc1OC)C(CCc1cccc([N+](=O)[O-])c1)[NH+](C)CC2.[Cl-]. The maximum absolute atomic E-state index is 11.0.